The van der Waals surface area contributed by atoms with Crippen molar-refractivity contribution in [1.82, 2.24) is 0 Å². The second kappa shape index (κ2) is 11.3. The van der Waals surface area contributed by atoms with Gasteiger partial charge >= 0.3 is 0 Å². The molecule has 2 atom stereocenters. The van der Waals surface area contributed by atoms with Crippen LogP contribution in [0.4, 0.5) is 0 Å². The highest BCUT2D eigenvalue weighted by molar-refractivity contribution is 5.70. The SMILES string of the molecule is COc1ccc(/C=C/c2ccc(OC(c3ccc(OC)cc3)C(O)c3ccc(O)cc3)cc2)cc1. The van der Waals surface area contributed by atoms with Crippen LogP contribution in [0.25, 0.3) is 12.2 Å². The average molecular weight is 469 g/mol. The number of aliphatic hydroxyl groups is 1. The fourth-order valence-electron chi connectivity index (χ4n) is 3.67. The van der Waals surface area contributed by atoms with E-state index in [1.807, 2.05) is 84.9 Å². The molecule has 0 fully saturated rings. The van der Waals surface area contributed by atoms with E-state index in [9.17, 15) is 10.2 Å². The van der Waals surface area contributed by atoms with Crippen molar-refractivity contribution >= 4 is 12.2 Å². The van der Waals surface area contributed by atoms with Crippen LogP contribution in [0.1, 0.15) is 34.5 Å². The molecule has 0 aliphatic rings. The van der Waals surface area contributed by atoms with Gasteiger partial charge in [0.05, 0.1) is 14.2 Å². The lowest BCUT2D eigenvalue weighted by Gasteiger charge is -2.25. The number of phenolic OH excluding ortho intramolecular Hbond substituents is 1. The molecule has 0 amide bonds. The summed E-state index contributed by atoms with van der Waals surface area (Å²) in [5.41, 5.74) is 3.54. The molecule has 4 aromatic rings. The van der Waals surface area contributed by atoms with Crippen molar-refractivity contribution in [2.45, 2.75) is 12.2 Å². The maximum atomic E-state index is 11.2. The fourth-order valence-corrected chi connectivity index (χ4v) is 3.67. The van der Waals surface area contributed by atoms with Crippen LogP contribution in [0, 0.1) is 0 Å². The van der Waals surface area contributed by atoms with Crippen molar-refractivity contribution in [1.29, 1.82) is 0 Å². The molecule has 35 heavy (non-hydrogen) atoms. The number of rotatable bonds is 9. The van der Waals surface area contributed by atoms with Crippen LogP contribution < -0.4 is 14.2 Å². The first-order valence-corrected chi connectivity index (χ1v) is 11.3. The first kappa shape index (κ1) is 23.9. The Kier molecular flexibility index (Phi) is 7.70. The minimum absolute atomic E-state index is 0.140. The highest BCUT2D eigenvalue weighted by Gasteiger charge is 2.25. The largest absolute Gasteiger partial charge is 0.508 e. The van der Waals surface area contributed by atoms with Gasteiger partial charge in [-0.3, -0.25) is 0 Å². The quantitative estimate of drug-likeness (QED) is 0.277. The molecule has 0 saturated carbocycles. The molecular formula is C30H28O5. The van der Waals surface area contributed by atoms with Gasteiger partial charge in [0.1, 0.15) is 29.1 Å². The molecule has 0 radical (unpaired) electrons. The molecule has 4 aromatic carbocycles. The van der Waals surface area contributed by atoms with Gasteiger partial charge in [-0.05, 0) is 70.8 Å². The zero-order valence-corrected chi connectivity index (χ0v) is 19.7. The Morgan fingerprint density at radius 2 is 1.00 bits per heavy atom. The number of phenols is 1. The molecule has 4 rings (SSSR count). The number of benzene rings is 4. The monoisotopic (exact) mass is 468 g/mol. The smallest absolute Gasteiger partial charge is 0.154 e. The van der Waals surface area contributed by atoms with Crippen LogP contribution in [0.5, 0.6) is 23.0 Å². The molecule has 0 saturated heterocycles. The predicted octanol–water partition coefficient (Wildman–Crippen LogP) is 6.43. The van der Waals surface area contributed by atoms with Crippen LogP contribution in [0.3, 0.4) is 0 Å². The number of ether oxygens (including phenoxy) is 3. The topological polar surface area (TPSA) is 68.2 Å². The van der Waals surface area contributed by atoms with Crippen LogP contribution in [0.15, 0.2) is 97.1 Å². The Morgan fingerprint density at radius 1 is 0.571 bits per heavy atom. The summed E-state index contributed by atoms with van der Waals surface area (Å²) in [6.07, 6.45) is 2.45. The summed E-state index contributed by atoms with van der Waals surface area (Å²) >= 11 is 0. The highest BCUT2D eigenvalue weighted by atomic mass is 16.5. The van der Waals surface area contributed by atoms with Gasteiger partial charge in [-0.1, -0.05) is 60.7 Å². The van der Waals surface area contributed by atoms with E-state index in [0.29, 0.717) is 11.3 Å². The predicted molar refractivity (Wildman–Crippen MR) is 138 cm³/mol. The van der Waals surface area contributed by atoms with Crippen molar-refractivity contribution in [2.24, 2.45) is 0 Å². The highest BCUT2D eigenvalue weighted by Crippen LogP contribution is 2.35. The first-order valence-electron chi connectivity index (χ1n) is 11.3. The zero-order valence-electron chi connectivity index (χ0n) is 19.7. The molecule has 2 N–H and O–H groups in total. The van der Waals surface area contributed by atoms with E-state index in [-0.39, 0.29) is 5.75 Å². The Bertz CT molecular complexity index is 1230. The molecule has 0 bridgehead atoms. The summed E-state index contributed by atoms with van der Waals surface area (Å²) in [7, 11) is 3.26. The molecule has 0 heterocycles. The lowest BCUT2D eigenvalue weighted by Crippen LogP contribution is -2.17. The van der Waals surface area contributed by atoms with E-state index in [0.717, 1.165) is 28.2 Å². The maximum Gasteiger partial charge on any atom is 0.154 e. The summed E-state index contributed by atoms with van der Waals surface area (Å²) < 4.78 is 16.7. The van der Waals surface area contributed by atoms with Gasteiger partial charge in [-0.2, -0.15) is 0 Å². The Morgan fingerprint density at radius 3 is 1.49 bits per heavy atom. The van der Waals surface area contributed by atoms with Crippen molar-refractivity contribution in [3.8, 4) is 23.0 Å². The van der Waals surface area contributed by atoms with Crippen molar-refractivity contribution in [3.05, 3.63) is 119 Å². The lowest BCUT2D eigenvalue weighted by atomic mass is 9.97. The van der Waals surface area contributed by atoms with Gasteiger partial charge < -0.3 is 24.4 Å². The maximum absolute atomic E-state index is 11.2. The average Bonchev–Trinajstić information content (AvgIpc) is 2.91. The molecule has 0 aromatic heterocycles. The summed E-state index contributed by atoms with van der Waals surface area (Å²) in [6.45, 7) is 0. The van der Waals surface area contributed by atoms with Crippen molar-refractivity contribution in [2.75, 3.05) is 14.2 Å². The molecule has 0 aliphatic carbocycles. The third-order valence-corrected chi connectivity index (χ3v) is 5.69. The Labute approximate surface area is 205 Å². The lowest BCUT2D eigenvalue weighted by molar-refractivity contribution is 0.0343. The normalized spacial score (nSPS) is 12.8. The van der Waals surface area contributed by atoms with Gasteiger partial charge in [0, 0.05) is 0 Å². The van der Waals surface area contributed by atoms with E-state index in [1.165, 1.54) is 0 Å². The van der Waals surface area contributed by atoms with Crippen LogP contribution >= 0.6 is 0 Å². The molecule has 2 unspecified atom stereocenters. The molecular weight excluding hydrogens is 440 g/mol. The van der Waals surface area contributed by atoms with E-state index in [4.69, 9.17) is 14.2 Å². The van der Waals surface area contributed by atoms with E-state index < -0.39 is 12.2 Å². The summed E-state index contributed by atoms with van der Waals surface area (Å²) in [5.74, 6) is 2.32. The van der Waals surface area contributed by atoms with Gasteiger partial charge in [-0.15, -0.1) is 0 Å². The fraction of sp³-hybridized carbons (Fsp3) is 0.133. The molecule has 5 nitrogen and oxygen atoms in total. The van der Waals surface area contributed by atoms with E-state index in [1.54, 1.807) is 38.5 Å². The van der Waals surface area contributed by atoms with Crippen LogP contribution in [-0.2, 0) is 0 Å². The number of hydrogen-bond donors (Lipinski definition) is 2. The van der Waals surface area contributed by atoms with Gasteiger partial charge in [0.15, 0.2) is 6.10 Å². The van der Waals surface area contributed by atoms with Gasteiger partial charge in [0.2, 0.25) is 0 Å². The minimum Gasteiger partial charge on any atom is -0.508 e. The van der Waals surface area contributed by atoms with Crippen molar-refractivity contribution < 1.29 is 24.4 Å². The molecule has 178 valence electrons. The summed E-state index contributed by atoms with van der Waals surface area (Å²) in [5, 5.41) is 20.8. The molecule has 0 spiro atoms. The summed E-state index contributed by atoms with van der Waals surface area (Å²) in [4.78, 5) is 0. The second-order valence-electron chi connectivity index (χ2n) is 8.02. The standard InChI is InChI=1S/C30H28O5/c1-33-26-15-5-21(6-16-26)3-4-22-7-17-28(18-8-22)35-30(24-11-19-27(34-2)20-12-24)29(32)23-9-13-25(31)14-10-23/h3-20,29-32H,1-2H3/b4-3+. The van der Waals surface area contributed by atoms with Gasteiger partial charge in [0.25, 0.3) is 0 Å². The van der Waals surface area contributed by atoms with Crippen LogP contribution in [0.2, 0.25) is 0 Å². The minimum atomic E-state index is -0.946. The molecule has 0 aliphatic heterocycles. The third kappa shape index (κ3) is 6.22. The van der Waals surface area contributed by atoms with Crippen LogP contribution in [-0.4, -0.2) is 24.4 Å². The Hall–Kier alpha value is -4.22. The van der Waals surface area contributed by atoms with E-state index in [2.05, 4.69) is 0 Å². The first-order chi connectivity index (χ1) is 17.1. The number of aromatic hydroxyl groups is 1. The molecule has 5 heteroatoms. The summed E-state index contributed by atoms with van der Waals surface area (Å²) in [6, 6.07) is 29.4. The third-order valence-electron chi connectivity index (χ3n) is 5.69. The number of methoxy groups -OCH3 is 2. The van der Waals surface area contributed by atoms with Crippen molar-refractivity contribution in [3.63, 3.8) is 0 Å². The van der Waals surface area contributed by atoms with E-state index >= 15 is 0 Å². The number of hydrogen-bond acceptors (Lipinski definition) is 5. The Balaban J connectivity index is 1.53. The zero-order chi connectivity index (χ0) is 24.6. The number of aliphatic hydroxyl groups excluding tert-OH is 1. The van der Waals surface area contributed by atoms with Gasteiger partial charge in [-0.25, -0.2) is 0 Å². The second-order valence-corrected chi connectivity index (χ2v) is 8.02.